The molecule has 0 aromatic heterocycles. The van der Waals surface area contributed by atoms with Gasteiger partial charge in [-0.3, -0.25) is 0 Å². The van der Waals surface area contributed by atoms with Crippen molar-refractivity contribution in [3.05, 3.63) is 0 Å². The molecular formula is C18H38N2. The van der Waals surface area contributed by atoms with E-state index in [9.17, 15) is 0 Å². The van der Waals surface area contributed by atoms with Gasteiger partial charge in [0.1, 0.15) is 0 Å². The molecule has 0 unspecified atom stereocenters. The molecule has 2 aliphatic carbocycles. The predicted molar refractivity (Wildman–Crippen MR) is 90.0 cm³/mol. The van der Waals surface area contributed by atoms with E-state index in [1.54, 1.807) is 0 Å². The molecule has 20 heavy (non-hydrogen) atoms. The normalized spacial score (nSPS) is 30.1. The van der Waals surface area contributed by atoms with Crippen molar-refractivity contribution in [3.8, 4) is 0 Å². The number of nitrogens with two attached hydrogens (primary N) is 1. The summed E-state index contributed by atoms with van der Waals surface area (Å²) in [6, 6.07) is 1.33. The van der Waals surface area contributed by atoms with Crippen molar-refractivity contribution in [2.45, 2.75) is 102 Å². The fraction of sp³-hybridized carbons (Fsp3) is 1.00. The number of hydrogen-bond donors (Lipinski definition) is 2. The van der Waals surface area contributed by atoms with Crippen LogP contribution in [0.1, 0.15) is 90.4 Å². The zero-order chi connectivity index (χ0) is 14.6. The minimum Gasteiger partial charge on any atom is -0.328 e. The maximum absolute atomic E-state index is 5.70. The van der Waals surface area contributed by atoms with E-state index in [0.29, 0.717) is 6.04 Å². The average Bonchev–Trinajstić information content (AvgIpc) is 2.48. The first-order valence-electron chi connectivity index (χ1n) is 9.15. The number of rotatable bonds is 1. The van der Waals surface area contributed by atoms with Crippen LogP contribution in [0.2, 0.25) is 0 Å². The highest BCUT2D eigenvalue weighted by atomic mass is 14.9. The molecule has 0 atom stereocenters. The summed E-state index contributed by atoms with van der Waals surface area (Å²) in [6.07, 6.45) is 18.2. The van der Waals surface area contributed by atoms with Crippen LogP contribution >= 0.6 is 0 Å². The molecular weight excluding hydrogens is 244 g/mol. The van der Waals surface area contributed by atoms with Crippen LogP contribution in [-0.2, 0) is 0 Å². The molecule has 0 saturated heterocycles. The Morgan fingerprint density at radius 1 is 0.700 bits per heavy atom. The van der Waals surface area contributed by atoms with E-state index in [1.165, 1.54) is 83.5 Å². The van der Waals surface area contributed by atoms with Gasteiger partial charge >= 0.3 is 0 Å². The van der Waals surface area contributed by atoms with Gasteiger partial charge in [-0.05, 0) is 51.5 Å². The highest BCUT2D eigenvalue weighted by molar-refractivity contribution is 4.71. The van der Waals surface area contributed by atoms with Gasteiger partial charge in [-0.2, -0.15) is 0 Å². The lowest BCUT2D eigenvalue weighted by atomic mass is 9.88. The molecule has 2 fully saturated rings. The van der Waals surface area contributed by atoms with Crippen LogP contribution in [0.15, 0.2) is 0 Å². The minimum absolute atomic E-state index is 0.520. The number of nitrogens with one attached hydrogen (secondary N) is 1. The molecule has 3 N–H and O–H groups in total. The van der Waals surface area contributed by atoms with Crippen LogP contribution in [0.5, 0.6) is 0 Å². The van der Waals surface area contributed by atoms with Crippen LogP contribution in [0.4, 0.5) is 0 Å². The zero-order valence-corrected chi connectivity index (χ0v) is 14.0. The first-order chi connectivity index (χ1) is 9.72. The van der Waals surface area contributed by atoms with Gasteiger partial charge in [0.2, 0.25) is 0 Å². The Morgan fingerprint density at radius 3 is 1.55 bits per heavy atom. The molecule has 120 valence electrons. The lowest BCUT2D eigenvalue weighted by Gasteiger charge is -2.22. The van der Waals surface area contributed by atoms with Crippen molar-refractivity contribution in [1.29, 1.82) is 0 Å². The van der Waals surface area contributed by atoms with Crippen LogP contribution in [0.25, 0.3) is 0 Å². The third-order valence-corrected chi connectivity index (χ3v) is 5.07. The van der Waals surface area contributed by atoms with Gasteiger partial charge in [0.25, 0.3) is 0 Å². The smallest absolute Gasteiger partial charge is 0.00640 e. The van der Waals surface area contributed by atoms with Crippen LogP contribution in [0.3, 0.4) is 0 Å². The van der Waals surface area contributed by atoms with Gasteiger partial charge in [0.15, 0.2) is 0 Å². The molecule has 0 aromatic rings. The highest BCUT2D eigenvalue weighted by Crippen LogP contribution is 2.21. The summed E-state index contributed by atoms with van der Waals surface area (Å²) in [5, 5.41) is 3.42. The Balaban J connectivity index is 0.000000217. The summed E-state index contributed by atoms with van der Waals surface area (Å²) in [5.74, 6) is 0.940. The van der Waals surface area contributed by atoms with Gasteiger partial charge in [-0.25, -0.2) is 0 Å². The van der Waals surface area contributed by atoms with Crippen molar-refractivity contribution >= 4 is 0 Å². The first-order valence-corrected chi connectivity index (χ1v) is 9.15. The Hall–Kier alpha value is -0.0800. The SMILES string of the molecule is CC1CCC(N)CC1.CNC1CCCCCCCCC1. The lowest BCUT2D eigenvalue weighted by molar-refractivity contribution is 0.348. The summed E-state index contributed by atoms with van der Waals surface area (Å²) in [7, 11) is 2.11. The standard InChI is InChI=1S/C11H23N.C7H15N/c1-12-11-9-7-5-3-2-4-6-8-10-11;1-6-2-4-7(8)5-3-6/h11-12H,2-10H2,1H3;6-7H,2-5,8H2,1H3. The van der Waals surface area contributed by atoms with Crippen molar-refractivity contribution in [3.63, 3.8) is 0 Å². The van der Waals surface area contributed by atoms with Gasteiger partial charge in [-0.15, -0.1) is 0 Å². The minimum atomic E-state index is 0.520. The van der Waals surface area contributed by atoms with E-state index >= 15 is 0 Å². The molecule has 2 saturated carbocycles. The summed E-state index contributed by atoms with van der Waals surface area (Å²) < 4.78 is 0. The van der Waals surface area contributed by atoms with E-state index in [1.807, 2.05) is 0 Å². The van der Waals surface area contributed by atoms with Gasteiger partial charge in [-0.1, -0.05) is 51.9 Å². The Morgan fingerprint density at radius 2 is 1.15 bits per heavy atom. The largest absolute Gasteiger partial charge is 0.328 e. The molecule has 0 aliphatic heterocycles. The van der Waals surface area contributed by atoms with E-state index in [-0.39, 0.29) is 0 Å². The predicted octanol–water partition coefficient (Wildman–Crippen LogP) is 4.62. The topological polar surface area (TPSA) is 38.0 Å². The quantitative estimate of drug-likeness (QED) is 0.736. The molecule has 2 heteroatoms. The second kappa shape index (κ2) is 11.6. The molecule has 0 radical (unpaired) electrons. The summed E-state index contributed by atoms with van der Waals surface area (Å²) in [4.78, 5) is 0. The number of hydrogen-bond acceptors (Lipinski definition) is 2. The fourth-order valence-corrected chi connectivity index (χ4v) is 3.38. The van der Waals surface area contributed by atoms with Crippen molar-refractivity contribution in [2.75, 3.05) is 7.05 Å². The first kappa shape index (κ1) is 18.0. The van der Waals surface area contributed by atoms with Gasteiger partial charge in [0.05, 0.1) is 0 Å². The molecule has 2 nitrogen and oxygen atoms in total. The van der Waals surface area contributed by atoms with E-state index < -0.39 is 0 Å². The average molecular weight is 283 g/mol. The Labute approximate surface area is 127 Å². The Kier molecular flexibility index (Phi) is 10.4. The maximum atomic E-state index is 5.70. The molecule has 0 spiro atoms. The van der Waals surface area contributed by atoms with Crippen molar-refractivity contribution in [2.24, 2.45) is 11.7 Å². The van der Waals surface area contributed by atoms with E-state index in [2.05, 4.69) is 19.3 Å². The highest BCUT2D eigenvalue weighted by Gasteiger charge is 2.13. The summed E-state index contributed by atoms with van der Waals surface area (Å²) in [5.41, 5.74) is 5.70. The third kappa shape index (κ3) is 8.97. The maximum Gasteiger partial charge on any atom is 0.00640 e. The van der Waals surface area contributed by atoms with E-state index in [0.717, 1.165) is 12.0 Å². The van der Waals surface area contributed by atoms with Gasteiger partial charge < -0.3 is 11.1 Å². The molecule has 2 aliphatic rings. The summed E-state index contributed by atoms with van der Waals surface area (Å²) in [6.45, 7) is 2.31. The third-order valence-electron chi connectivity index (χ3n) is 5.07. The molecule has 0 aromatic carbocycles. The zero-order valence-electron chi connectivity index (χ0n) is 14.0. The molecule has 0 heterocycles. The van der Waals surface area contributed by atoms with Crippen molar-refractivity contribution < 1.29 is 0 Å². The fourth-order valence-electron chi connectivity index (χ4n) is 3.38. The lowest BCUT2D eigenvalue weighted by Crippen LogP contribution is -2.25. The van der Waals surface area contributed by atoms with Crippen LogP contribution in [0, 0.1) is 5.92 Å². The van der Waals surface area contributed by atoms with Crippen LogP contribution < -0.4 is 11.1 Å². The second-order valence-electron chi connectivity index (χ2n) is 7.06. The van der Waals surface area contributed by atoms with Gasteiger partial charge in [0, 0.05) is 12.1 Å². The van der Waals surface area contributed by atoms with Crippen LogP contribution in [-0.4, -0.2) is 19.1 Å². The monoisotopic (exact) mass is 282 g/mol. The molecule has 0 amide bonds. The molecule has 0 bridgehead atoms. The van der Waals surface area contributed by atoms with E-state index in [4.69, 9.17) is 5.73 Å². The molecule has 2 rings (SSSR count). The van der Waals surface area contributed by atoms with Crippen molar-refractivity contribution in [1.82, 2.24) is 5.32 Å². The Bertz CT molecular complexity index is 189. The second-order valence-corrected chi connectivity index (χ2v) is 7.06. The summed E-state index contributed by atoms with van der Waals surface area (Å²) >= 11 is 0.